The maximum atomic E-state index is 12.1. The second-order valence-corrected chi connectivity index (χ2v) is 6.22. The van der Waals surface area contributed by atoms with Crippen LogP contribution in [0.15, 0.2) is 23.0 Å². The number of halogens is 1. The number of aromatic nitrogens is 2. The highest BCUT2D eigenvalue weighted by molar-refractivity contribution is 6.31. The SMILES string of the molecule is CCOC(=O)N1CC[NH+](Cc2nc3cc(Cl)ccc3c(=O)[nH]2)CC1. The van der Waals surface area contributed by atoms with E-state index in [0.29, 0.717) is 48.0 Å². The number of quaternary nitrogens is 1. The monoisotopic (exact) mass is 351 g/mol. The highest BCUT2D eigenvalue weighted by Crippen LogP contribution is 2.14. The number of carbonyl (C=O) groups excluding carboxylic acids is 1. The summed E-state index contributed by atoms with van der Waals surface area (Å²) in [5.41, 5.74) is 0.446. The van der Waals surface area contributed by atoms with Crippen LogP contribution in [-0.2, 0) is 11.3 Å². The topological polar surface area (TPSA) is 79.7 Å². The van der Waals surface area contributed by atoms with E-state index in [-0.39, 0.29) is 11.7 Å². The summed E-state index contributed by atoms with van der Waals surface area (Å²) >= 11 is 5.98. The Morgan fingerprint density at radius 1 is 1.42 bits per heavy atom. The van der Waals surface area contributed by atoms with Gasteiger partial charge in [-0.3, -0.25) is 9.69 Å². The number of piperazine rings is 1. The van der Waals surface area contributed by atoms with E-state index >= 15 is 0 Å². The smallest absolute Gasteiger partial charge is 0.410 e. The number of rotatable bonds is 3. The van der Waals surface area contributed by atoms with Gasteiger partial charge in [-0.05, 0) is 25.1 Å². The van der Waals surface area contributed by atoms with Gasteiger partial charge in [0.05, 0.1) is 43.7 Å². The maximum absolute atomic E-state index is 12.1. The maximum Gasteiger partial charge on any atom is 0.410 e. The predicted octanol–water partition coefficient (Wildman–Crippen LogP) is 0.434. The summed E-state index contributed by atoms with van der Waals surface area (Å²) in [4.78, 5) is 34.2. The van der Waals surface area contributed by atoms with Crippen LogP contribution in [-0.4, -0.2) is 53.7 Å². The van der Waals surface area contributed by atoms with Crippen molar-refractivity contribution in [3.63, 3.8) is 0 Å². The fourth-order valence-corrected chi connectivity index (χ4v) is 3.04. The van der Waals surface area contributed by atoms with Gasteiger partial charge in [-0.15, -0.1) is 0 Å². The molecule has 0 aliphatic carbocycles. The molecule has 0 atom stereocenters. The summed E-state index contributed by atoms with van der Waals surface area (Å²) in [5.74, 6) is 0.634. The van der Waals surface area contributed by atoms with Crippen LogP contribution in [0, 0.1) is 0 Å². The van der Waals surface area contributed by atoms with Crippen molar-refractivity contribution in [2.45, 2.75) is 13.5 Å². The number of hydrogen-bond donors (Lipinski definition) is 2. The number of aromatic amines is 1. The molecule has 1 aromatic carbocycles. The van der Waals surface area contributed by atoms with E-state index in [0.717, 1.165) is 13.1 Å². The van der Waals surface area contributed by atoms with Crippen molar-refractivity contribution in [3.05, 3.63) is 39.4 Å². The molecule has 7 nitrogen and oxygen atoms in total. The molecular weight excluding hydrogens is 332 g/mol. The Labute approximate surface area is 144 Å². The summed E-state index contributed by atoms with van der Waals surface area (Å²) in [6.07, 6.45) is -0.261. The van der Waals surface area contributed by atoms with E-state index in [1.54, 1.807) is 30.0 Å². The van der Waals surface area contributed by atoms with E-state index in [9.17, 15) is 9.59 Å². The first-order chi connectivity index (χ1) is 11.6. The fraction of sp³-hybridized carbons (Fsp3) is 0.438. The molecule has 128 valence electrons. The largest absolute Gasteiger partial charge is 0.450 e. The summed E-state index contributed by atoms with van der Waals surface area (Å²) in [7, 11) is 0. The quantitative estimate of drug-likeness (QED) is 0.840. The highest BCUT2D eigenvalue weighted by atomic mass is 35.5. The molecule has 8 heteroatoms. The van der Waals surface area contributed by atoms with Crippen molar-refractivity contribution >= 4 is 28.6 Å². The van der Waals surface area contributed by atoms with Crippen LogP contribution < -0.4 is 10.5 Å². The average molecular weight is 352 g/mol. The molecule has 1 aliphatic heterocycles. The fourth-order valence-electron chi connectivity index (χ4n) is 2.88. The average Bonchev–Trinajstić information content (AvgIpc) is 2.55. The Hall–Kier alpha value is -2.12. The van der Waals surface area contributed by atoms with Gasteiger partial charge in [-0.1, -0.05) is 11.6 Å². The molecule has 2 N–H and O–H groups in total. The number of ether oxygens (including phenoxy) is 1. The Kier molecular flexibility index (Phi) is 5.01. The molecule has 1 amide bonds. The summed E-state index contributed by atoms with van der Waals surface area (Å²) < 4.78 is 5.02. The molecule has 2 aromatic rings. The van der Waals surface area contributed by atoms with Crippen molar-refractivity contribution < 1.29 is 14.4 Å². The third-order valence-electron chi connectivity index (χ3n) is 4.13. The van der Waals surface area contributed by atoms with Gasteiger partial charge in [0.1, 0.15) is 6.54 Å². The van der Waals surface area contributed by atoms with Gasteiger partial charge in [0, 0.05) is 5.02 Å². The van der Waals surface area contributed by atoms with Gasteiger partial charge >= 0.3 is 6.09 Å². The molecular formula is C16H20ClN4O3+. The van der Waals surface area contributed by atoms with Crippen molar-refractivity contribution in [2.75, 3.05) is 32.8 Å². The highest BCUT2D eigenvalue weighted by Gasteiger charge is 2.25. The molecule has 0 bridgehead atoms. The second kappa shape index (κ2) is 7.19. The second-order valence-electron chi connectivity index (χ2n) is 5.79. The lowest BCUT2D eigenvalue weighted by Gasteiger charge is -2.31. The van der Waals surface area contributed by atoms with E-state index in [1.807, 2.05) is 0 Å². The Bertz CT molecular complexity index is 799. The third-order valence-corrected chi connectivity index (χ3v) is 4.37. The molecule has 3 rings (SSSR count). The third kappa shape index (κ3) is 3.68. The van der Waals surface area contributed by atoms with Crippen LogP contribution in [0.1, 0.15) is 12.7 Å². The van der Waals surface area contributed by atoms with E-state index in [1.165, 1.54) is 4.90 Å². The molecule has 1 saturated heterocycles. The lowest BCUT2D eigenvalue weighted by atomic mass is 10.2. The molecule has 0 saturated carbocycles. The normalized spacial score (nSPS) is 15.7. The van der Waals surface area contributed by atoms with Crippen molar-refractivity contribution in [1.29, 1.82) is 0 Å². The van der Waals surface area contributed by atoms with E-state index in [4.69, 9.17) is 16.3 Å². The van der Waals surface area contributed by atoms with E-state index in [2.05, 4.69) is 9.97 Å². The van der Waals surface area contributed by atoms with Gasteiger partial charge in [-0.2, -0.15) is 0 Å². The Morgan fingerprint density at radius 2 is 2.17 bits per heavy atom. The summed E-state index contributed by atoms with van der Waals surface area (Å²) in [6.45, 7) is 5.64. The molecule has 24 heavy (non-hydrogen) atoms. The minimum absolute atomic E-state index is 0.156. The van der Waals surface area contributed by atoms with Crippen LogP contribution in [0.3, 0.4) is 0 Å². The first-order valence-corrected chi connectivity index (χ1v) is 8.38. The minimum atomic E-state index is -0.261. The standard InChI is InChI=1S/C16H19ClN4O3/c1-2-24-16(23)21-7-5-20(6-8-21)10-14-18-13-9-11(17)3-4-12(13)15(22)19-14/h3-4,9H,2,5-8,10H2,1H3,(H,18,19,22)/p+1. The van der Waals surface area contributed by atoms with Gasteiger partial charge in [-0.25, -0.2) is 9.78 Å². The molecule has 0 radical (unpaired) electrons. The number of carbonyl (C=O) groups is 1. The zero-order valence-corrected chi connectivity index (χ0v) is 14.2. The van der Waals surface area contributed by atoms with Crippen LogP contribution >= 0.6 is 11.6 Å². The summed E-state index contributed by atoms with van der Waals surface area (Å²) in [6, 6.07) is 5.06. The van der Waals surface area contributed by atoms with Crippen LogP contribution in [0.25, 0.3) is 10.9 Å². The van der Waals surface area contributed by atoms with Crippen molar-refractivity contribution in [1.82, 2.24) is 14.9 Å². The zero-order chi connectivity index (χ0) is 17.1. The number of nitrogens with zero attached hydrogens (tertiary/aromatic N) is 2. The molecule has 1 fully saturated rings. The molecule has 0 spiro atoms. The number of amides is 1. The number of benzene rings is 1. The first-order valence-electron chi connectivity index (χ1n) is 8.00. The molecule has 1 aromatic heterocycles. The van der Waals surface area contributed by atoms with Gasteiger partial charge in [0.2, 0.25) is 0 Å². The lowest BCUT2D eigenvalue weighted by Crippen LogP contribution is -3.13. The van der Waals surface area contributed by atoms with Crippen molar-refractivity contribution in [2.24, 2.45) is 0 Å². The van der Waals surface area contributed by atoms with E-state index < -0.39 is 0 Å². The van der Waals surface area contributed by atoms with Gasteiger partial charge in [0.25, 0.3) is 5.56 Å². The van der Waals surface area contributed by atoms with Crippen LogP contribution in [0.4, 0.5) is 4.79 Å². The minimum Gasteiger partial charge on any atom is -0.450 e. The number of nitrogens with one attached hydrogen (secondary N) is 2. The Balaban J connectivity index is 1.68. The number of hydrogen-bond acceptors (Lipinski definition) is 4. The lowest BCUT2D eigenvalue weighted by molar-refractivity contribution is -0.918. The number of H-pyrrole nitrogens is 1. The molecule has 0 unspecified atom stereocenters. The van der Waals surface area contributed by atoms with Crippen molar-refractivity contribution in [3.8, 4) is 0 Å². The number of fused-ring (bicyclic) bond motifs is 1. The van der Waals surface area contributed by atoms with Gasteiger partial charge < -0.3 is 14.6 Å². The predicted molar refractivity (Wildman–Crippen MR) is 90.4 cm³/mol. The first kappa shape index (κ1) is 16.7. The van der Waals surface area contributed by atoms with Crippen LogP contribution in [0.2, 0.25) is 5.02 Å². The summed E-state index contributed by atoms with van der Waals surface area (Å²) in [5, 5.41) is 1.09. The zero-order valence-electron chi connectivity index (χ0n) is 13.5. The van der Waals surface area contributed by atoms with Gasteiger partial charge in [0.15, 0.2) is 5.82 Å². The molecule has 1 aliphatic rings. The van der Waals surface area contributed by atoms with Crippen LogP contribution in [0.5, 0.6) is 0 Å². The molecule has 2 heterocycles. The Morgan fingerprint density at radius 3 is 2.88 bits per heavy atom.